The average Bonchev–Trinajstić information content (AvgIpc) is 2.20. The Morgan fingerprint density at radius 1 is 1.00 bits per heavy atom. The fraction of sp³-hybridized carbons (Fsp3) is 0.300. The highest BCUT2D eigenvalue weighted by Crippen LogP contribution is 2.02. The predicted molar refractivity (Wildman–Crippen MR) is 52.9 cm³/mol. The molecule has 0 radical (unpaired) electrons. The van der Waals surface area contributed by atoms with Crippen molar-refractivity contribution in [2.45, 2.75) is 12.2 Å². The summed E-state index contributed by atoms with van der Waals surface area (Å²) in [7, 11) is 0. The minimum absolute atomic E-state index is 0.872. The third-order valence-corrected chi connectivity index (χ3v) is 1.35. The van der Waals surface area contributed by atoms with E-state index >= 15 is 0 Å². The molecule has 1 aromatic carbocycles. The minimum atomic E-state index is -2.48. The topological polar surface area (TPSA) is 98.0 Å². The first-order valence-corrected chi connectivity index (χ1v) is 4.25. The quantitative estimate of drug-likeness (QED) is 0.523. The summed E-state index contributed by atoms with van der Waals surface area (Å²) >= 11 is 0. The largest absolute Gasteiger partial charge is 0.481 e. The number of carboxylic acids is 1. The summed E-state index contributed by atoms with van der Waals surface area (Å²) in [6.07, 6.45) is -0.872. The highest BCUT2D eigenvalue weighted by molar-refractivity contribution is 5.67. The molecule has 0 heterocycles. The monoisotopic (exact) mass is 214 g/mol. The van der Waals surface area contributed by atoms with E-state index < -0.39 is 24.8 Å². The Balaban J connectivity index is 0.000000280. The molecule has 0 bridgehead atoms. The van der Waals surface area contributed by atoms with E-state index in [9.17, 15) is 4.79 Å². The van der Waals surface area contributed by atoms with Gasteiger partial charge in [-0.1, -0.05) is 36.4 Å². The molecule has 0 aliphatic rings. The van der Waals surface area contributed by atoms with E-state index in [0.717, 1.165) is 0 Å². The molecule has 0 amide bonds. The van der Waals surface area contributed by atoms with Crippen LogP contribution in [0.3, 0.4) is 0 Å². The molecule has 0 atom stereocenters. The normalized spacial score (nSPS) is 10.1. The number of aliphatic carboxylic acids is 1. The Morgan fingerprint density at radius 3 is 1.47 bits per heavy atom. The van der Waals surface area contributed by atoms with Crippen LogP contribution in [0.15, 0.2) is 36.4 Å². The van der Waals surface area contributed by atoms with Gasteiger partial charge in [-0.05, 0) is 0 Å². The summed E-state index contributed by atoms with van der Waals surface area (Å²) in [4.78, 5) is 9.74. The van der Waals surface area contributed by atoms with Gasteiger partial charge in [-0.3, -0.25) is 4.79 Å². The van der Waals surface area contributed by atoms with Gasteiger partial charge in [0.1, 0.15) is 6.42 Å². The van der Waals surface area contributed by atoms with Crippen LogP contribution in [0.5, 0.6) is 0 Å². The number of carboxylic acid groups (broad SMARTS) is 1. The molecule has 1 aromatic rings. The maximum Gasteiger partial charge on any atom is 0.308 e. The molecular formula is C10H14O5. The lowest BCUT2D eigenvalue weighted by Crippen LogP contribution is -2.35. The van der Waals surface area contributed by atoms with Gasteiger partial charge in [-0.15, -0.1) is 0 Å². The second kappa shape index (κ2) is 6.94. The van der Waals surface area contributed by atoms with E-state index in [1.54, 1.807) is 0 Å². The SMILES string of the molecule is O=C(O)CC(O)(O)CO.c1ccccc1. The molecule has 0 aliphatic heterocycles. The van der Waals surface area contributed by atoms with Crippen molar-refractivity contribution in [3.63, 3.8) is 0 Å². The standard InChI is InChI=1S/C6H6.C4H8O5/c1-2-4-6-5-3-1;5-2-4(8,9)1-3(6)7/h1-6H;5,8-9H,1-2H2,(H,6,7). The van der Waals surface area contributed by atoms with Crippen molar-refractivity contribution in [3.8, 4) is 0 Å². The smallest absolute Gasteiger partial charge is 0.308 e. The van der Waals surface area contributed by atoms with Crippen molar-refractivity contribution >= 4 is 5.97 Å². The molecule has 5 nitrogen and oxygen atoms in total. The molecular weight excluding hydrogens is 200 g/mol. The van der Waals surface area contributed by atoms with E-state index in [1.807, 2.05) is 36.4 Å². The molecule has 1 rings (SSSR count). The average molecular weight is 214 g/mol. The van der Waals surface area contributed by atoms with Crippen LogP contribution in [-0.2, 0) is 4.79 Å². The fourth-order valence-electron chi connectivity index (χ4n) is 0.683. The van der Waals surface area contributed by atoms with Gasteiger partial charge < -0.3 is 20.4 Å². The first-order chi connectivity index (χ1) is 6.98. The predicted octanol–water partition coefficient (Wildman–Crippen LogP) is -0.179. The summed E-state index contributed by atoms with van der Waals surface area (Å²) < 4.78 is 0. The summed E-state index contributed by atoms with van der Waals surface area (Å²) in [6, 6.07) is 12.0. The van der Waals surface area contributed by atoms with Crippen molar-refractivity contribution < 1.29 is 25.2 Å². The van der Waals surface area contributed by atoms with Crippen LogP contribution in [0.4, 0.5) is 0 Å². The van der Waals surface area contributed by atoms with E-state index in [1.165, 1.54) is 0 Å². The zero-order valence-electron chi connectivity index (χ0n) is 8.08. The molecule has 0 aromatic heterocycles. The summed E-state index contributed by atoms with van der Waals surface area (Å²) in [5, 5.41) is 32.9. The first kappa shape index (κ1) is 13.6. The van der Waals surface area contributed by atoms with Gasteiger partial charge in [-0.25, -0.2) is 0 Å². The fourth-order valence-corrected chi connectivity index (χ4v) is 0.683. The van der Waals surface area contributed by atoms with E-state index in [4.69, 9.17) is 20.4 Å². The lowest BCUT2D eigenvalue weighted by atomic mass is 10.2. The van der Waals surface area contributed by atoms with Crippen LogP contribution in [0.25, 0.3) is 0 Å². The number of carbonyl (C=O) groups is 1. The molecule has 4 N–H and O–H groups in total. The Kier molecular flexibility index (Phi) is 6.28. The second-order valence-electron chi connectivity index (χ2n) is 2.87. The van der Waals surface area contributed by atoms with E-state index in [2.05, 4.69) is 0 Å². The third-order valence-electron chi connectivity index (χ3n) is 1.35. The zero-order chi connectivity index (χ0) is 11.7. The molecule has 0 unspecified atom stereocenters. The zero-order valence-corrected chi connectivity index (χ0v) is 8.08. The molecule has 0 saturated carbocycles. The number of hydrogen-bond acceptors (Lipinski definition) is 4. The molecule has 0 saturated heterocycles. The van der Waals surface area contributed by atoms with Crippen LogP contribution in [0.1, 0.15) is 6.42 Å². The number of aliphatic hydroxyl groups is 3. The van der Waals surface area contributed by atoms with Crippen molar-refractivity contribution in [3.05, 3.63) is 36.4 Å². The van der Waals surface area contributed by atoms with Crippen LogP contribution in [-0.4, -0.2) is 38.8 Å². The molecule has 5 heteroatoms. The Labute approximate surface area is 87.2 Å². The van der Waals surface area contributed by atoms with Gasteiger partial charge in [0.05, 0.1) is 6.61 Å². The van der Waals surface area contributed by atoms with Crippen LogP contribution in [0, 0.1) is 0 Å². The highest BCUT2D eigenvalue weighted by Gasteiger charge is 2.25. The van der Waals surface area contributed by atoms with E-state index in [-0.39, 0.29) is 0 Å². The lowest BCUT2D eigenvalue weighted by Gasteiger charge is -2.14. The lowest BCUT2D eigenvalue weighted by molar-refractivity contribution is -0.198. The summed E-state index contributed by atoms with van der Waals surface area (Å²) in [5.74, 6) is -3.85. The van der Waals surface area contributed by atoms with Gasteiger partial charge in [0.15, 0.2) is 5.79 Å². The van der Waals surface area contributed by atoms with Gasteiger partial charge in [0.25, 0.3) is 0 Å². The van der Waals surface area contributed by atoms with Crippen molar-refractivity contribution in [2.75, 3.05) is 6.61 Å². The number of aliphatic hydroxyl groups excluding tert-OH is 1. The minimum Gasteiger partial charge on any atom is -0.481 e. The first-order valence-electron chi connectivity index (χ1n) is 4.25. The number of benzene rings is 1. The van der Waals surface area contributed by atoms with Crippen LogP contribution >= 0.6 is 0 Å². The maximum atomic E-state index is 9.74. The Bertz CT molecular complexity index is 244. The van der Waals surface area contributed by atoms with Gasteiger partial charge in [0, 0.05) is 0 Å². The molecule has 0 spiro atoms. The highest BCUT2D eigenvalue weighted by atomic mass is 16.5. The summed E-state index contributed by atoms with van der Waals surface area (Å²) in [5.41, 5.74) is 0. The van der Waals surface area contributed by atoms with Crippen LogP contribution < -0.4 is 0 Å². The molecule has 15 heavy (non-hydrogen) atoms. The Hall–Kier alpha value is -1.43. The molecule has 84 valence electrons. The maximum absolute atomic E-state index is 9.74. The molecule has 0 fully saturated rings. The van der Waals surface area contributed by atoms with E-state index in [0.29, 0.717) is 0 Å². The number of rotatable bonds is 3. The summed E-state index contributed by atoms with van der Waals surface area (Å²) in [6.45, 7) is -0.973. The van der Waals surface area contributed by atoms with Crippen LogP contribution in [0.2, 0.25) is 0 Å². The van der Waals surface area contributed by atoms with Crippen molar-refractivity contribution in [2.24, 2.45) is 0 Å². The third kappa shape index (κ3) is 8.89. The molecule has 0 aliphatic carbocycles. The van der Waals surface area contributed by atoms with Gasteiger partial charge >= 0.3 is 5.97 Å². The number of hydrogen-bond donors (Lipinski definition) is 4. The van der Waals surface area contributed by atoms with Gasteiger partial charge in [-0.2, -0.15) is 0 Å². The van der Waals surface area contributed by atoms with Gasteiger partial charge in [0.2, 0.25) is 0 Å². The Morgan fingerprint density at radius 2 is 1.33 bits per heavy atom. The van der Waals surface area contributed by atoms with Crippen molar-refractivity contribution in [1.29, 1.82) is 0 Å². The second-order valence-corrected chi connectivity index (χ2v) is 2.87. The van der Waals surface area contributed by atoms with Crippen molar-refractivity contribution in [1.82, 2.24) is 0 Å².